The van der Waals surface area contributed by atoms with Crippen molar-refractivity contribution in [2.24, 2.45) is 0 Å². The first kappa shape index (κ1) is 27.2. The van der Waals surface area contributed by atoms with Gasteiger partial charge in [0.15, 0.2) is 0 Å². The van der Waals surface area contributed by atoms with E-state index in [0.29, 0.717) is 0 Å². The zero-order valence-electron chi connectivity index (χ0n) is 25.8. The van der Waals surface area contributed by atoms with Crippen LogP contribution in [-0.2, 0) is 0 Å². The molecular weight excluding hydrogens is 567 g/mol. The molecule has 0 heterocycles. The molecule has 0 unspecified atom stereocenters. The Morgan fingerprint density at radius 3 is 1.40 bits per heavy atom. The summed E-state index contributed by atoms with van der Waals surface area (Å²) in [5, 5.41) is 10.2. The number of hydrogen-bond donors (Lipinski definition) is 0. The average molecular weight is 598 g/mol. The molecule has 9 rings (SSSR count). The van der Waals surface area contributed by atoms with Gasteiger partial charge in [-0.25, -0.2) is 0 Å². The molecule has 0 N–H and O–H groups in total. The Bertz CT molecular complexity index is 2510. The van der Waals surface area contributed by atoms with Gasteiger partial charge in [-0.3, -0.25) is 0 Å². The van der Waals surface area contributed by atoms with Crippen molar-refractivity contribution in [3.63, 3.8) is 0 Å². The first-order valence-electron chi connectivity index (χ1n) is 16.2. The Kier molecular flexibility index (Phi) is 6.54. The summed E-state index contributed by atoms with van der Waals surface area (Å²) in [6.45, 7) is 0. The molecule has 0 bridgehead atoms. The molecule has 0 saturated carbocycles. The lowest BCUT2D eigenvalue weighted by Gasteiger charge is -2.25. The summed E-state index contributed by atoms with van der Waals surface area (Å²) in [7, 11) is 0. The van der Waals surface area contributed by atoms with E-state index in [-0.39, 0.29) is 0 Å². The van der Waals surface area contributed by atoms with E-state index >= 15 is 0 Å². The second-order valence-corrected chi connectivity index (χ2v) is 12.2. The highest BCUT2D eigenvalue weighted by Crippen LogP contribution is 2.38. The largest absolute Gasteiger partial charge is 0.311 e. The van der Waals surface area contributed by atoms with Crippen LogP contribution in [0.5, 0.6) is 0 Å². The molecule has 0 saturated heterocycles. The van der Waals surface area contributed by atoms with Crippen molar-refractivity contribution in [2.75, 3.05) is 4.90 Å². The normalized spacial score (nSPS) is 11.4. The van der Waals surface area contributed by atoms with E-state index < -0.39 is 0 Å². The van der Waals surface area contributed by atoms with Crippen molar-refractivity contribution in [1.82, 2.24) is 0 Å². The number of rotatable bonds is 5. The molecule has 9 aromatic rings. The Hall–Kier alpha value is -6.18. The lowest BCUT2D eigenvalue weighted by atomic mass is 9.91. The zero-order valence-corrected chi connectivity index (χ0v) is 25.8. The third kappa shape index (κ3) is 4.90. The highest BCUT2D eigenvalue weighted by Gasteiger charge is 2.13. The van der Waals surface area contributed by atoms with Crippen LogP contribution in [0.2, 0.25) is 0 Å². The summed E-state index contributed by atoms with van der Waals surface area (Å²) in [6, 6.07) is 68.2. The van der Waals surface area contributed by atoms with Gasteiger partial charge < -0.3 is 4.90 Å². The van der Waals surface area contributed by atoms with Crippen molar-refractivity contribution in [3.05, 3.63) is 188 Å². The highest BCUT2D eigenvalue weighted by molar-refractivity contribution is 6.14. The predicted octanol–water partition coefficient (Wildman–Crippen LogP) is 13.1. The third-order valence-electron chi connectivity index (χ3n) is 9.36. The third-order valence-corrected chi connectivity index (χ3v) is 9.36. The van der Waals surface area contributed by atoms with Crippen LogP contribution in [0.15, 0.2) is 188 Å². The summed E-state index contributed by atoms with van der Waals surface area (Å²) < 4.78 is 0. The van der Waals surface area contributed by atoms with Gasteiger partial charge >= 0.3 is 0 Å². The maximum absolute atomic E-state index is 2.35. The molecular formula is C46H31N. The Morgan fingerprint density at radius 2 is 0.745 bits per heavy atom. The standard InChI is InChI=1S/C46H31N/c1-3-12-40(13-4-1)47(41-14-5-2-6-15-41)42-25-23-32(24-26-42)33-19-20-34-29-39-30-37(22-21-35(39)28-38(34)27-33)46-31-36-11-7-8-16-43(36)44-17-9-10-18-45(44)46/h1-31H. The van der Waals surface area contributed by atoms with Crippen LogP contribution in [0.4, 0.5) is 17.1 Å². The minimum Gasteiger partial charge on any atom is -0.311 e. The van der Waals surface area contributed by atoms with Gasteiger partial charge in [-0.15, -0.1) is 0 Å². The van der Waals surface area contributed by atoms with E-state index in [4.69, 9.17) is 0 Å². The Balaban J connectivity index is 1.08. The molecule has 0 aliphatic rings. The lowest BCUT2D eigenvalue weighted by Crippen LogP contribution is -2.09. The minimum absolute atomic E-state index is 1.13. The lowest BCUT2D eigenvalue weighted by molar-refractivity contribution is 1.28. The number of para-hydroxylation sites is 2. The van der Waals surface area contributed by atoms with Gasteiger partial charge in [-0.1, -0.05) is 121 Å². The molecule has 0 fully saturated rings. The van der Waals surface area contributed by atoms with Gasteiger partial charge in [-0.2, -0.15) is 0 Å². The van der Waals surface area contributed by atoms with E-state index in [1.807, 2.05) is 0 Å². The van der Waals surface area contributed by atoms with Gasteiger partial charge in [0.05, 0.1) is 0 Å². The fraction of sp³-hybridized carbons (Fsp3) is 0. The Labute approximate surface area is 274 Å². The van der Waals surface area contributed by atoms with Gasteiger partial charge in [0.2, 0.25) is 0 Å². The number of nitrogens with zero attached hydrogens (tertiary/aromatic N) is 1. The second-order valence-electron chi connectivity index (χ2n) is 12.2. The van der Waals surface area contributed by atoms with Crippen molar-refractivity contribution < 1.29 is 0 Å². The first-order valence-corrected chi connectivity index (χ1v) is 16.2. The topological polar surface area (TPSA) is 3.24 Å². The fourth-order valence-electron chi connectivity index (χ4n) is 7.04. The van der Waals surface area contributed by atoms with Gasteiger partial charge in [0.25, 0.3) is 0 Å². The van der Waals surface area contributed by atoms with Crippen LogP contribution in [0, 0.1) is 0 Å². The van der Waals surface area contributed by atoms with Crippen molar-refractivity contribution >= 4 is 60.2 Å². The van der Waals surface area contributed by atoms with Gasteiger partial charge in [0, 0.05) is 17.1 Å². The molecule has 1 heteroatoms. The van der Waals surface area contributed by atoms with E-state index in [9.17, 15) is 0 Å². The average Bonchev–Trinajstić information content (AvgIpc) is 3.14. The van der Waals surface area contributed by atoms with E-state index in [0.717, 1.165) is 17.1 Å². The molecule has 0 radical (unpaired) electrons. The van der Waals surface area contributed by atoms with Gasteiger partial charge in [-0.05, 0) is 132 Å². The number of anilines is 3. The fourth-order valence-corrected chi connectivity index (χ4v) is 7.04. The van der Waals surface area contributed by atoms with Crippen molar-refractivity contribution in [1.29, 1.82) is 0 Å². The maximum atomic E-state index is 2.35. The van der Waals surface area contributed by atoms with Crippen LogP contribution in [0.25, 0.3) is 65.3 Å². The number of fused-ring (bicyclic) bond motifs is 5. The summed E-state index contributed by atoms with van der Waals surface area (Å²) in [6.07, 6.45) is 0. The molecule has 0 atom stereocenters. The molecule has 47 heavy (non-hydrogen) atoms. The minimum atomic E-state index is 1.13. The zero-order chi connectivity index (χ0) is 31.2. The van der Waals surface area contributed by atoms with Crippen LogP contribution in [-0.4, -0.2) is 0 Å². The van der Waals surface area contributed by atoms with E-state index in [2.05, 4.69) is 193 Å². The molecule has 1 nitrogen and oxygen atoms in total. The van der Waals surface area contributed by atoms with Gasteiger partial charge in [0.1, 0.15) is 0 Å². The Morgan fingerprint density at radius 1 is 0.255 bits per heavy atom. The van der Waals surface area contributed by atoms with Crippen LogP contribution in [0.1, 0.15) is 0 Å². The number of hydrogen-bond acceptors (Lipinski definition) is 1. The predicted molar refractivity (Wildman–Crippen MR) is 202 cm³/mol. The first-order chi connectivity index (χ1) is 23.3. The molecule has 0 amide bonds. The second kappa shape index (κ2) is 11.3. The van der Waals surface area contributed by atoms with E-state index in [1.54, 1.807) is 0 Å². The summed E-state index contributed by atoms with van der Waals surface area (Å²) in [4.78, 5) is 2.30. The summed E-state index contributed by atoms with van der Waals surface area (Å²) >= 11 is 0. The van der Waals surface area contributed by atoms with Crippen LogP contribution < -0.4 is 4.90 Å². The van der Waals surface area contributed by atoms with E-state index in [1.165, 1.54) is 65.3 Å². The molecule has 220 valence electrons. The summed E-state index contributed by atoms with van der Waals surface area (Å²) in [5.74, 6) is 0. The van der Waals surface area contributed by atoms with Crippen molar-refractivity contribution in [2.45, 2.75) is 0 Å². The number of benzene rings is 9. The summed E-state index contributed by atoms with van der Waals surface area (Å²) in [5.41, 5.74) is 8.35. The van der Waals surface area contributed by atoms with Crippen LogP contribution >= 0.6 is 0 Å². The molecule has 0 aliphatic carbocycles. The quantitative estimate of drug-likeness (QED) is 0.141. The SMILES string of the molecule is c1ccc(N(c2ccccc2)c2ccc(-c3ccc4cc5cc(-c6cc7ccccc7c7ccccc67)ccc5cc4c3)cc2)cc1. The van der Waals surface area contributed by atoms with Crippen molar-refractivity contribution in [3.8, 4) is 22.3 Å². The molecule has 0 spiro atoms. The molecule has 0 aliphatic heterocycles. The monoisotopic (exact) mass is 597 g/mol. The smallest absolute Gasteiger partial charge is 0.0462 e. The highest BCUT2D eigenvalue weighted by atomic mass is 15.1. The van der Waals surface area contributed by atoms with Crippen LogP contribution in [0.3, 0.4) is 0 Å². The maximum Gasteiger partial charge on any atom is 0.0462 e. The molecule has 9 aromatic carbocycles. The molecule has 0 aromatic heterocycles.